The van der Waals surface area contributed by atoms with Crippen LogP contribution < -0.4 is 10.1 Å². The number of hydrogen-bond donors (Lipinski definition) is 1. The largest absolute Gasteiger partial charge is 0.496 e. The maximum absolute atomic E-state index is 6.03. The molecule has 106 valence electrons. The Hall–Kier alpha value is -1.51. The second-order valence-electron chi connectivity index (χ2n) is 4.86. The number of methoxy groups -OCH3 is 1. The average Bonchev–Trinajstić information content (AvgIpc) is 2.46. The van der Waals surface area contributed by atoms with Gasteiger partial charge in [0.05, 0.1) is 7.11 Å². The number of likely N-dealkylation sites (N-methyl/N-ethyl adjacent to an activating group) is 1. The Balaban J connectivity index is 2.31. The van der Waals surface area contributed by atoms with Gasteiger partial charge in [0.1, 0.15) is 5.75 Å². The van der Waals surface area contributed by atoms with Crippen molar-refractivity contribution in [3.05, 3.63) is 64.2 Å². The normalized spacial score (nSPS) is 12.2. The maximum atomic E-state index is 6.03. The molecule has 1 atom stereocenters. The van der Waals surface area contributed by atoms with E-state index in [4.69, 9.17) is 16.3 Å². The van der Waals surface area contributed by atoms with Crippen LogP contribution in [0.5, 0.6) is 5.75 Å². The molecule has 0 aliphatic heterocycles. The fraction of sp³-hybridized carbons (Fsp3) is 0.294. The van der Waals surface area contributed by atoms with Crippen molar-refractivity contribution in [2.45, 2.75) is 19.4 Å². The van der Waals surface area contributed by atoms with E-state index in [-0.39, 0.29) is 6.04 Å². The van der Waals surface area contributed by atoms with Gasteiger partial charge in [-0.2, -0.15) is 0 Å². The summed E-state index contributed by atoms with van der Waals surface area (Å²) in [6.45, 7) is 2.14. The van der Waals surface area contributed by atoms with E-state index in [2.05, 4.69) is 36.5 Å². The third-order valence-corrected chi connectivity index (χ3v) is 3.84. The van der Waals surface area contributed by atoms with Crippen molar-refractivity contribution in [2.75, 3.05) is 14.2 Å². The summed E-state index contributed by atoms with van der Waals surface area (Å²) in [4.78, 5) is 0. The molecule has 0 bridgehead atoms. The molecule has 0 amide bonds. The lowest BCUT2D eigenvalue weighted by Gasteiger charge is -2.20. The first-order chi connectivity index (χ1) is 9.65. The Morgan fingerprint density at radius 1 is 1.20 bits per heavy atom. The highest BCUT2D eigenvalue weighted by Crippen LogP contribution is 2.30. The number of nitrogens with one attached hydrogen (secondary N) is 1. The highest BCUT2D eigenvalue weighted by atomic mass is 35.5. The number of benzene rings is 2. The number of ether oxygens (including phenoxy) is 1. The van der Waals surface area contributed by atoms with Crippen LogP contribution in [-0.4, -0.2) is 14.2 Å². The highest BCUT2D eigenvalue weighted by molar-refractivity contribution is 6.30. The van der Waals surface area contributed by atoms with Crippen LogP contribution in [0.1, 0.15) is 22.7 Å². The summed E-state index contributed by atoms with van der Waals surface area (Å²) in [6.07, 6.45) is 0.918. The van der Waals surface area contributed by atoms with Gasteiger partial charge in [0.15, 0.2) is 0 Å². The zero-order chi connectivity index (χ0) is 14.5. The van der Waals surface area contributed by atoms with Gasteiger partial charge in [-0.1, -0.05) is 41.9 Å². The van der Waals surface area contributed by atoms with E-state index in [1.807, 2.05) is 25.2 Å². The van der Waals surface area contributed by atoms with Crippen LogP contribution in [0.25, 0.3) is 0 Å². The number of aryl methyl sites for hydroxylation is 1. The van der Waals surface area contributed by atoms with Gasteiger partial charge in [0.25, 0.3) is 0 Å². The van der Waals surface area contributed by atoms with E-state index in [1.54, 1.807) is 7.11 Å². The minimum absolute atomic E-state index is 0.198. The molecule has 0 saturated carbocycles. The molecule has 2 aromatic rings. The van der Waals surface area contributed by atoms with Crippen LogP contribution in [-0.2, 0) is 6.42 Å². The first-order valence-electron chi connectivity index (χ1n) is 6.71. The Labute approximate surface area is 125 Å². The van der Waals surface area contributed by atoms with Crippen molar-refractivity contribution in [3.63, 3.8) is 0 Å². The molecule has 3 heteroatoms. The van der Waals surface area contributed by atoms with Gasteiger partial charge in [-0.3, -0.25) is 0 Å². The minimum atomic E-state index is 0.198. The van der Waals surface area contributed by atoms with E-state index in [1.165, 1.54) is 11.1 Å². The molecule has 0 aliphatic rings. The SMILES string of the molecule is CNC(Cc1ccccc1C)c1ccc(Cl)cc1OC. The zero-order valence-electron chi connectivity index (χ0n) is 12.1. The van der Waals surface area contributed by atoms with Crippen LogP contribution in [0.15, 0.2) is 42.5 Å². The van der Waals surface area contributed by atoms with Gasteiger partial charge < -0.3 is 10.1 Å². The first-order valence-corrected chi connectivity index (χ1v) is 7.08. The molecule has 2 rings (SSSR count). The van der Waals surface area contributed by atoms with Crippen LogP contribution in [0, 0.1) is 6.92 Å². The van der Waals surface area contributed by atoms with Crippen LogP contribution in [0.2, 0.25) is 5.02 Å². The predicted octanol–water partition coefficient (Wildman–Crippen LogP) is 4.16. The lowest BCUT2D eigenvalue weighted by Crippen LogP contribution is -2.20. The molecule has 0 heterocycles. The zero-order valence-corrected chi connectivity index (χ0v) is 12.9. The monoisotopic (exact) mass is 289 g/mol. The van der Waals surface area contributed by atoms with Crippen LogP contribution in [0.4, 0.5) is 0 Å². The molecule has 1 N–H and O–H groups in total. The third-order valence-electron chi connectivity index (χ3n) is 3.60. The summed E-state index contributed by atoms with van der Waals surface area (Å²) in [5.41, 5.74) is 3.77. The Morgan fingerprint density at radius 2 is 1.95 bits per heavy atom. The van der Waals surface area contributed by atoms with E-state index < -0.39 is 0 Å². The summed E-state index contributed by atoms with van der Waals surface area (Å²) in [5, 5.41) is 4.06. The summed E-state index contributed by atoms with van der Waals surface area (Å²) >= 11 is 6.03. The number of halogens is 1. The average molecular weight is 290 g/mol. The topological polar surface area (TPSA) is 21.3 Å². The maximum Gasteiger partial charge on any atom is 0.125 e. The molecule has 2 aromatic carbocycles. The smallest absolute Gasteiger partial charge is 0.125 e. The molecule has 2 nitrogen and oxygen atoms in total. The van der Waals surface area contributed by atoms with Crippen molar-refractivity contribution in [1.82, 2.24) is 5.32 Å². The molecule has 0 spiro atoms. The summed E-state index contributed by atoms with van der Waals surface area (Å²) < 4.78 is 5.45. The van der Waals surface area contributed by atoms with Gasteiger partial charge >= 0.3 is 0 Å². The van der Waals surface area contributed by atoms with Gasteiger partial charge in [-0.25, -0.2) is 0 Å². The lowest BCUT2D eigenvalue weighted by atomic mass is 9.95. The molecule has 0 fully saturated rings. The van der Waals surface area contributed by atoms with Gasteiger partial charge in [-0.15, -0.1) is 0 Å². The minimum Gasteiger partial charge on any atom is -0.496 e. The van der Waals surface area contributed by atoms with E-state index >= 15 is 0 Å². The highest BCUT2D eigenvalue weighted by Gasteiger charge is 2.16. The third kappa shape index (κ3) is 3.33. The van der Waals surface area contributed by atoms with Crippen molar-refractivity contribution >= 4 is 11.6 Å². The molecule has 0 aromatic heterocycles. The van der Waals surface area contributed by atoms with Crippen molar-refractivity contribution in [3.8, 4) is 5.75 Å². The van der Waals surface area contributed by atoms with Crippen molar-refractivity contribution in [1.29, 1.82) is 0 Å². The fourth-order valence-electron chi connectivity index (χ4n) is 2.40. The Bertz CT molecular complexity index is 583. The Morgan fingerprint density at radius 3 is 2.60 bits per heavy atom. The lowest BCUT2D eigenvalue weighted by molar-refractivity contribution is 0.401. The fourth-order valence-corrected chi connectivity index (χ4v) is 2.56. The summed E-state index contributed by atoms with van der Waals surface area (Å²) in [7, 11) is 3.65. The molecule has 20 heavy (non-hydrogen) atoms. The van der Waals surface area contributed by atoms with E-state index in [9.17, 15) is 0 Å². The van der Waals surface area contributed by atoms with Gasteiger partial charge in [0, 0.05) is 16.6 Å². The molecule has 0 radical (unpaired) electrons. The second-order valence-corrected chi connectivity index (χ2v) is 5.29. The van der Waals surface area contributed by atoms with Crippen LogP contribution in [0.3, 0.4) is 0 Å². The number of hydrogen-bond acceptors (Lipinski definition) is 2. The predicted molar refractivity (Wildman–Crippen MR) is 84.7 cm³/mol. The molecular weight excluding hydrogens is 270 g/mol. The van der Waals surface area contributed by atoms with Crippen molar-refractivity contribution < 1.29 is 4.74 Å². The van der Waals surface area contributed by atoms with Gasteiger partial charge in [-0.05, 0) is 43.7 Å². The quantitative estimate of drug-likeness (QED) is 0.892. The number of rotatable bonds is 5. The van der Waals surface area contributed by atoms with E-state index in [0.29, 0.717) is 5.02 Å². The summed E-state index contributed by atoms with van der Waals surface area (Å²) in [5.74, 6) is 0.824. The van der Waals surface area contributed by atoms with Crippen LogP contribution >= 0.6 is 11.6 Å². The molecule has 1 unspecified atom stereocenters. The Kier molecular flexibility index (Phi) is 5.05. The van der Waals surface area contributed by atoms with Gasteiger partial charge in [0.2, 0.25) is 0 Å². The second kappa shape index (κ2) is 6.78. The molecule has 0 saturated heterocycles. The molecular formula is C17H20ClNO. The first kappa shape index (κ1) is 14.9. The molecule has 0 aliphatic carbocycles. The standard InChI is InChI=1S/C17H20ClNO/c1-12-6-4-5-7-13(12)10-16(19-2)15-9-8-14(18)11-17(15)20-3/h4-9,11,16,19H,10H2,1-3H3. The van der Waals surface area contributed by atoms with Crippen molar-refractivity contribution in [2.24, 2.45) is 0 Å². The van der Waals surface area contributed by atoms with E-state index in [0.717, 1.165) is 17.7 Å². The summed E-state index contributed by atoms with van der Waals surface area (Å²) in [6, 6.07) is 14.4.